The number of aliphatic carboxylic acids is 1. The smallest absolute Gasteiger partial charge is 0.332 e. The molecule has 0 amide bonds. The van der Waals surface area contributed by atoms with Gasteiger partial charge in [-0.3, -0.25) is 0 Å². The molecule has 5 heteroatoms. The Morgan fingerprint density at radius 3 is 3.07 bits per heavy atom. The second-order valence-corrected chi connectivity index (χ2v) is 4.60. The van der Waals surface area contributed by atoms with E-state index in [1.165, 1.54) is 0 Å². The van der Waals surface area contributed by atoms with E-state index < -0.39 is 12.1 Å². The van der Waals surface area contributed by atoms with Gasteiger partial charge in [-0.25, -0.2) is 9.78 Å². The summed E-state index contributed by atoms with van der Waals surface area (Å²) in [5.74, 6) is -0.868. The van der Waals surface area contributed by atoms with Crippen LogP contribution in [0.1, 0.15) is 36.1 Å². The van der Waals surface area contributed by atoms with Crippen LogP contribution in [0.3, 0.4) is 0 Å². The first kappa shape index (κ1) is 10.6. The second kappa shape index (κ2) is 4.28. The first-order valence-corrected chi connectivity index (χ1v) is 5.85. The van der Waals surface area contributed by atoms with E-state index >= 15 is 0 Å². The summed E-state index contributed by atoms with van der Waals surface area (Å²) in [6.07, 6.45) is 1.58. The molecule has 2 rings (SSSR count). The van der Waals surface area contributed by atoms with E-state index in [4.69, 9.17) is 9.84 Å². The average Bonchev–Trinajstić information content (AvgIpc) is 2.65. The number of ether oxygens (including phenoxy) is 1. The summed E-state index contributed by atoms with van der Waals surface area (Å²) in [7, 11) is 0. The molecule has 1 fully saturated rings. The van der Waals surface area contributed by atoms with Crippen LogP contribution in [0, 0.1) is 6.92 Å². The van der Waals surface area contributed by atoms with Crippen LogP contribution in [-0.4, -0.2) is 22.2 Å². The zero-order chi connectivity index (χ0) is 10.8. The van der Waals surface area contributed by atoms with Crippen molar-refractivity contribution >= 4 is 17.3 Å². The number of aromatic nitrogens is 1. The molecule has 0 aliphatic carbocycles. The number of carboxylic acid groups (broad SMARTS) is 1. The number of carboxylic acids is 1. The quantitative estimate of drug-likeness (QED) is 0.841. The Morgan fingerprint density at radius 1 is 1.67 bits per heavy atom. The highest BCUT2D eigenvalue weighted by Crippen LogP contribution is 2.32. The fraction of sp³-hybridized carbons (Fsp3) is 0.600. The molecule has 0 saturated carbocycles. The summed E-state index contributed by atoms with van der Waals surface area (Å²) in [6.45, 7) is 1.93. The minimum Gasteiger partial charge on any atom is -0.479 e. The third-order valence-corrected chi connectivity index (χ3v) is 3.50. The molecule has 1 aliphatic rings. The Labute approximate surface area is 91.9 Å². The van der Waals surface area contributed by atoms with E-state index in [0.717, 1.165) is 23.5 Å². The van der Waals surface area contributed by atoms with Crippen molar-refractivity contribution in [1.82, 2.24) is 4.98 Å². The molecule has 2 unspecified atom stereocenters. The zero-order valence-corrected chi connectivity index (χ0v) is 9.29. The van der Waals surface area contributed by atoms with Crippen molar-refractivity contribution < 1.29 is 14.6 Å². The molecule has 2 heterocycles. The van der Waals surface area contributed by atoms with E-state index in [1.54, 1.807) is 11.3 Å². The van der Waals surface area contributed by atoms with E-state index in [0.29, 0.717) is 6.42 Å². The van der Waals surface area contributed by atoms with Crippen molar-refractivity contribution in [3.63, 3.8) is 0 Å². The fourth-order valence-corrected chi connectivity index (χ4v) is 2.57. The maximum atomic E-state index is 10.8. The molecule has 0 radical (unpaired) electrons. The van der Waals surface area contributed by atoms with Gasteiger partial charge in [0.2, 0.25) is 0 Å². The zero-order valence-electron chi connectivity index (χ0n) is 8.47. The molecule has 1 N–H and O–H groups in total. The molecule has 1 aromatic heterocycles. The first-order chi connectivity index (χ1) is 7.16. The van der Waals surface area contributed by atoms with Crippen molar-refractivity contribution in [3.8, 4) is 0 Å². The van der Waals surface area contributed by atoms with Crippen LogP contribution >= 0.6 is 11.3 Å². The van der Waals surface area contributed by atoms with Crippen molar-refractivity contribution in [1.29, 1.82) is 0 Å². The molecule has 2 atom stereocenters. The molecular formula is C10H13NO3S. The number of nitrogens with zero attached hydrogens (tertiary/aromatic N) is 1. The van der Waals surface area contributed by atoms with Crippen LogP contribution in [-0.2, 0) is 9.53 Å². The Balaban J connectivity index is 2.07. The molecule has 1 aromatic rings. The van der Waals surface area contributed by atoms with E-state index in [9.17, 15) is 4.79 Å². The van der Waals surface area contributed by atoms with Crippen molar-refractivity contribution in [2.45, 2.75) is 38.4 Å². The van der Waals surface area contributed by atoms with Gasteiger partial charge in [-0.2, -0.15) is 0 Å². The Morgan fingerprint density at radius 2 is 2.47 bits per heavy atom. The molecule has 4 nitrogen and oxygen atoms in total. The standard InChI is InChI=1S/C10H13NO3S/c1-6-5-15-9(11-6)7-3-2-4-8(14-7)10(12)13/h5,7-8H,2-4H2,1H3,(H,12,13). The predicted molar refractivity (Wildman–Crippen MR) is 56.0 cm³/mol. The molecule has 0 aromatic carbocycles. The average molecular weight is 227 g/mol. The largest absolute Gasteiger partial charge is 0.479 e. The summed E-state index contributed by atoms with van der Waals surface area (Å²) in [5, 5.41) is 11.7. The number of hydrogen-bond acceptors (Lipinski definition) is 4. The van der Waals surface area contributed by atoms with Gasteiger partial charge < -0.3 is 9.84 Å². The minimum absolute atomic E-state index is 0.126. The molecule has 15 heavy (non-hydrogen) atoms. The summed E-state index contributed by atoms with van der Waals surface area (Å²) in [4.78, 5) is 15.1. The number of aryl methyl sites for hydroxylation is 1. The lowest BCUT2D eigenvalue weighted by atomic mass is 10.0. The van der Waals surface area contributed by atoms with Gasteiger partial charge >= 0.3 is 5.97 Å². The van der Waals surface area contributed by atoms with Gasteiger partial charge in [0, 0.05) is 11.1 Å². The third-order valence-electron chi connectivity index (χ3n) is 2.45. The van der Waals surface area contributed by atoms with Crippen molar-refractivity contribution in [3.05, 3.63) is 16.1 Å². The molecule has 0 spiro atoms. The normalized spacial score (nSPS) is 26.5. The lowest BCUT2D eigenvalue weighted by Gasteiger charge is -2.25. The number of rotatable bonds is 2. The maximum Gasteiger partial charge on any atom is 0.332 e. The second-order valence-electron chi connectivity index (χ2n) is 3.71. The van der Waals surface area contributed by atoms with Crippen LogP contribution < -0.4 is 0 Å². The van der Waals surface area contributed by atoms with Crippen LogP contribution in [0.25, 0.3) is 0 Å². The third kappa shape index (κ3) is 2.35. The molecule has 1 saturated heterocycles. The molecule has 0 bridgehead atoms. The Hall–Kier alpha value is -0.940. The van der Waals surface area contributed by atoms with E-state index in [1.807, 2.05) is 12.3 Å². The maximum absolute atomic E-state index is 10.8. The lowest BCUT2D eigenvalue weighted by Crippen LogP contribution is -2.29. The highest BCUT2D eigenvalue weighted by atomic mass is 32.1. The monoisotopic (exact) mass is 227 g/mol. The molecule has 82 valence electrons. The van der Waals surface area contributed by atoms with Gasteiger partial charge in [-0.15, -0.1) is 11.3 Å². The number of thiazole rings is 1. The summed E-state index contributed by atoms with van der Waals surface area (Å²) in [6, 6.07) is 0. The van der Waals surface area contributed by atoms with Gasteiger partial charge in [0.1, 0.15) is 11.1 Å². The van der Waals surface area contributed by atoms with Crippen LogP contribution in [0.5, 0.6) is 0 Å². The van der Waals surface area contributed by atoms with Crippen molar-refractivity contribution in [2.75, 3.05) is 0 Å². The molecule has 1 aliphatic heterocycles. The van der Waals surface area contributed by atoms with Gasteiger partial charge in [0.05, 0.1) is 0 Å². The first-order valence-electron chi connectivity index (χ1n) is 4.97. The number of carbonyl (C=O) groups is 1. The van der Waals surface area contributed by atoms with Gasteiger partial charge in [0.25, 0.3) is 0 Å². The Bertz CT molecular complexity index is 363. The number of hydrogen-bond donors (Lipinski definition) is 1. The Kier molecular flexibility index (Phi) is 3.02. The highest BCUT2D eigenvalue weighted by Gasteiger charge is 2.29. The SMILES string of the molecule is Cc1csc(C2CCCC(C(=O)O)O2)n1. The van der Waals surface area contributed by atoms with Crippen molar-refractivity contribution in [2.24, 2.45) is 0 Å². The minimum atomic E-state index is -0.868. The fourth-order valence-electron chi connectivity index (χ4n) is 1.71. The summed E-state index contributed by atoms with van der Waals surface area (Å²) >= 11 is 1.54. The van der Waals surface area contributed by atoms with Gasteiger partial charge in [0.15, 0.2) is 6.10 Å². The highest BCUT2D eigenvalue weighted by molar-refractivity contribution is 7.09. The summed E-state index contributed by atoms with van der Waals surface area (Å²) < 4.78 is 5.50. The van der Waals surface area contributed by atoms with Crippen LogP contribution in [0.2, 0.25) is 0 Å². The van der Waals surface area contributed by atoms with Gasteiger partial charge in [-0.05, 0) is 26.2 Å². The predicted octanol–water partition coefficient (Wildman–Crippen LogP) is 2.15. The van der Waals surface area contributed by atoms with E-state index in [-0.39, 0.29) is 6.10 Å². The summed E-state index contributed by atoms with van der Waals surface area (Å²) in [5.41, 5.74) is 0.969. The molecular weight excluding hydrogens is 214 g/mol. The van der Waals surface area contributed by atoms with Crippen LogP contribution in [0.4, 0.5) is 0 Å². The lowest BCUT2D eigenvalue weighted by molar-refractivity contribution is -0.159. The topological polar surface area (TPSA) is 59.4 Å². The van der Waals surface area contributed by atoms with E-state index in [2.05, 4.69) is 4.98 Å². The van der Waals surface area contributed by atoms with Crippen LogP contribution in [0.15, 0.2) is 5.38 Å². The van der Waals surface area contributed by atoms with Gasteiger partial charge in [-0.1, -0.05) is 0 Å².